The predicted octanol–water partition coefficient (Wildman–Crippen LogP) is 4.48. The third-order valence-electron chi connectivity index (χ3n) is 5.89. The molecule has 3 aromatic rings. The summed E-state index contributed by atoms with van der Waals surface area (Å²) < 4.78 is 25.5. The van der Waals surface area contributed by atoms with Gasteiger partial charge in [0, 0.05) is 23.1 Å². The van der Waals surface area contributed by atoms with Crippen LogP contribution in [0.2, 0.25) is 0 Å². The number of nitrogens with one attached hydrogen (secondary N) is 1. The molecule has 0 atom stereocenters. The van der Waals surface area contributed by atoms with Crippen LogP contribution >= 0.6 is 11.3 Å². The van der Waals surface area contributed by atoms with Crippen LogP contribution in [0.15, 0.2) is 47.8 Å². The van der Waals surface area contributed by atoms with Crippen LogP contribution in [0, 0.1) is 0 Å². The molecule has 1 aliphatic heterocycles. The lowest BCUT2D eigenvalue weighted by Gasteiger charge is -2.16. The summed E-state index contributed by atoms with van der Waals surface area (Å²) in [7, 11) is -3.23. The number of aryl methyl sites for hydroxylation is 2. The summed E-state index contributed by atoms with van der Waals surface area (Å²) >= 11 is 1.40. The first-order chi connectivity index (χ1) is 15.0. The zero-order chi connectivity index (χ0) is 21.4. The van der Waals surface area contributed by atoms with Gasteiger partial charge in [-0.3, -0.25) is 14.4 Å². The Labute approximate surface area is 186 Å². The van der Waals surface area contributed by atoms with E-state index in [0.29, 0.717) is 29.3 Å². The lowest BCUT2D eigenvalue weighted by molar-refractivity contribution is 0.102. The summed E-state index contributed by atoms with van der Waals surface area (Å²) in [4.78, 5) is 17.2. The fourth-order valence-corrected chi connectivity index (χ4v) is 6.51. The fraction of sp³-hybridized carbons (Fsp3) is 0.304. The molecular weight excluding hydrogens is 430 g/mol. The monoisotopic (exact) mass is 453 g/mol. The van der Waals surface area contributed by atoms with Crippen LogP contribution in [-0.4, -0.2) is 31.6 Å². The molecule has 31 heavy (non-hydrogen) atoms. The molecule has 5 rings (SSSR count). The van der Waals surface area contributed by atoms with Gasteiger partial charge in [-0.05, 0) is 73.6 Å². The molecule has 1 amide bonds. The number of sulfonamides is 1. The number of benzene rings is 2. The van der Waals surface area contributed by atoms with Crippen LogP contribution in [0.25, 0.3) is 11.3 Å². The molecule has 0 radical (unpaired) electrons. The van der Waals surface area contributed by atoms with Gasteiger partial charge >= 0.3 is 0 Å². The Kier molecular flexibility index (Phi) is 5.27. The number of thiazole rings is 1. The average molecular weight is 454 g/mol. The number of anilines is 2. The predicted molar refractivity (Wildman–Crippen MR) is 124 cm³/mol. The van der Waals surface area contributed by atoms with Crippen molar-refractivity contribution in [2.45, 2.75) is 32.1 Å². The molecule has 1 fully saturated rings. The van der Waals surface area contributed by atoms with Crippen LogP contribution in [0.1, 0.15) is 40.7 Å². The number of hydrogen-bond acceptors (Lipinski definition) is 5. The molecule has 0 saturated carbocycles. The normalized spacial score (nSPS) is 17.4. The number of hydrogen-bond donors (Lipinski definition) is 1. The Morgan fingerprint density at radius 3 is 2.52 bits per heavy atom. The Morgan fingerprint density at radius 1 is 1.00 bits per heavy atom. The Hall–Kier alpha value is -2.71. The minimum absolute atomic E-state index is 0.172. The molecular formula is C23H23N3O3S2. The quantitative estimate of drug-likeness (QED) is 0.632. The van der Waals surface area contributed by atoms with Gasteiger partial charge in [0.1, 0.15) is 0 Å². The van der Waals surface area contributed by atoms with E-state index in [0.717, 1.165) is 24.1 Å². The molecule has 0 spiro atoms. The molecule has 1 aromatic heterocycles. The van der Waals surface area contributed by atoms with Crippen molar-refractivity contribution in [3.63, 3.8) is 0 Å². The lowest BCUT2D eigenvalue weighted by atomic mass is 9.90. The van der Waals surface area contributed by atoms with Gasteiger partial charge in [-0.2, -0.15) is 0 Å². The summed E-state index contributed by atoms with van der Waals surface area (Å²) in [5.74, 6) is -0.0894. The van der Waals surface area contributed by atoms with Crippen molar-refractivity contribution in [3.05, 3.63) is 64.5 Å². The van der Waals surface area contributed by atoms with E-state index in [1.165, 1.54) is 39.6 Å². The molecule has 0 bridgehead atoms. The summed E-state index contributed by atoms with van der Waals surface area (Å²) in [6.45, 7) is 0.485. The highest BCUT2D eigenvalue weighted by Gasteiger charge is 2.28. The minimum atomic E-state index is -3.23. The number of carbonyl (C=O) groups is 1. The summed E-state index contributed by atoms with van der Waals surface area (Å²) in [6, 6.07) is 13.2. The molecule has 1 aliphatic carbocycles. The first-order valence-corrected chi connectivity index (χ1v) is 13.0. The third kappa shape index (κ3) is 4.09. The first kappa shape index (κ1) is 20.2. The van der Waals surface area contributed by atoms with Gasteiger partial charge in [-0.25, -0.2) is 13.4 Å². The fourth-order valence-electron chi connectivity index (χ4n) is 4.23. The van der Waals surface area contributed by atoms with Crippen molar-refractivity contribution in [1.29, 1.82) is 0 Å². The van der Waals surface area contributed by atoms with Gasteiger partial charge in [0.25, 0.3) is 5.91 Å². The number of rotatable bonds is 4. The number of nitrogens with zero attached hydrogens (tertiary/aromatic N) is 2. The van der Waals surface area contributed by atoms with E-state index >= 15 is 0 Å². The number of aromatic nitrogens is 1. The van der Waals surface area contributed by atoms with Crippen molar-refractivity contribution < 1.29 is 13.2 Å². The van der Waals surface area contributed by atoms with Crippen molar-refractivity contribution in [1.82, 2.24) is 4.98 Å². The first-order valence-electron chi connectivity index (χ1n) is 10.5. The average Bonchev–Trinajstić information content (AvgIpc) is 3.39. The van der Waals surface area contributed by atoms with E-state index in [9.17, 15) is 13.2 Å². The maximum absolute atomic E-state index is 12.6. The SMILES string of the molecule is O=C(Nc1nc(-c2ccc3c(c2)CCCC3)cs1)c1ccc(N2CCCS2(=O)=O)cc1. The molecule has 0 unspecified atom stereocenters. The van der Waals surface area contributed by atoms with Gasteiger partial charge in [0.2, 0.25) is 10.0 Å². The van der Waals surface area contributed by atoms with Crippen molar-refractivity contribution >= 4 is 38.1 Å². The highest BCUT2D eigenvalue weighted by Crippen LogP contribution is 2.30. The van der Waals surface area contributed by atoms with Gasteiger partial charge in [-0.15, -0.1) is 11.3 Å². The molecule has 1 saturated heterocycles. The summed E-state index contributed by atoms with van der Waals surface area (Å²) in [5, 5.41) is 5.36. The summed E-state index contributed by atoms with van der Waals surface area (Å²) in [5.41, 5.74) is 5.84. The van der Waals surface area contributed by atoms with E-state index in [2.05, 4.69) is 28.5 Å². The van der Waals surface area contributed by atoms with Crippen molar-refractivity contribution in [2.24, 2.45) is 0 Å². The summed E-state index contributed by atoms with van der Waals surface area (Å²) in [6.07, 6.45) is 5.38. The van der Waals surface area contributed by atoms with E-state index in [4.69, 9.17) is 0 Å². The van der Waals surface area contributed by atoms with E-state index < -0.39 is 10.0 Å². The Morgan fingerprint density at radius 2 is 1.77 bits per heavy atom. The van der Waals surface area contributed by atoms with Gasteiger partial charge in [-0.1, -0.05) is 12.1 Å². The van der Waals surface area contributed by atoms with Crippen LogP contribution in [0.5, 0.6) is 0 Å². The lowest BCUT2D eigenvalue weighted by Crippen LogP contribution is -2.25. The van der Waals surface area contributed by atoms with E-state index in [1.54, 1.807) is 24.3 Å². The number of fused-ring (bicyclic) bond motifs is 1. The largest absolute Gasteiger partial charge is 0.298 e. The topological polar surface area (TPSA) is 79.4 Å². The van der Waals surface area contributed by atoms with Gasteiger partial charge in [0.15, 0.2) is 5.13 Å². The zero-order valence-corrected chi connectivity index (χ0v) is 18.6. The molecule has 160 valence electrons. The molecule has 2 aromatic carbocycles. The number of carbonyl (C=O) groups excluding carboxylic acids is 1. The zero-order valence-electron chi connectivity index (χ0n) is 17.0. The Bertz CT molecular complexity index is 1230. The van der Waals surface area contributed by atoms with Gasteiger partial charge < -0.3 is 0 Å². The molecule has 2 heterocycles. The van der Waals surface area contributed by atoms with E-state index in [1.807, 2.05) is 5.38 Å². The Balaban J connectivity index is 1.29. The van der Waals surface area contributed by atoms with Crippen molar-refractivity contribution in [3.8, 4) is 11.3 Å². The second-order valence-electron chi connectivity index (χ2n) is 7.97. The van der Waals surface area contributed by atoms with Gasteiger partial charge in [0.05, 0.1) is 17.1 Å². The van der Waals surface area contributed by atoms with E-state index in [-0.39, 0.29) is 11.7 Å². The third-order valence-corrected chi connectivity index (χ3v) is 8.51. The molecule has 8 heteroatoms. The smallest absolute Gasteiger partial charge is 0.257 e. The minimum Gasteiger partial charge on any atom is -0.298 e. The second-order valence-corrected chi connectivity index (χ2v) is 10.8. The highest BCUT2D eigenvalue weighted by molar-refractivity contribution is 7.93. The second kappa shape index (κ2) is 8.09. The molecule has 1 N–H and O–H groups in total. The molecule has 6 nitrogen and oxygen atoms in total. The maximum atomic E-state index is 12.6. The molecule has 2 aliphatic rings. The van der Waals surface area contributed by atoms with Crippen LogP contribution in [0.4, 0.5) is 10.8 Å². The standard InChI is InChI=1S/C23H23N3O3S2/c27-22(17-8-10-20(11-9-17)26-12-3-13-31(26,28)29)25-23-24-21(15-30-23)19-7-6-16-4-1-2-5-18(16)14-19/h6-11,14-15H,1-5,12-13H2,(H,24,25,27). The highest BCUT2D eigenvalue weighted by atomic mass is 32.2. The van der Waals surface area contributed by atoms with Crippen molar-refractivity contribution in [2.75, 3.05) is 21.9 Å². The number of amides is 1. The van der Waals surface area contributed by atoms with Crippen LogP contribution in [-0.2, 0) is 22.9 Å². The maximum Gasteiger partial charge on any atom is 0.257 e. The van der Waals surface area contributed by atoms with Crippen LogP contribution < -0.4 is 9.62 Å². The van der Waals surface area contributed by atoms with Crippen LogP contribution in [0.3, 0.4) is 0 Å².